The molecule has 0 saturated carbocycles. The normalized spacial score (nSPS) is 11.6. The fourth-order valence-corrected chi connectivity index (χ4v) is 1.86. The van der Waals surface area contributed by atoms with Gasteiger partial charge in [-0.25, -0.2) is 4.39 Å². The van der Waals surface area contributed by atoms with Crippen LogP contribution in [0, 0.1) is 5.82 Å². The Balaban J connectivity index is 2.02. The monoisotopic (exact) mass is 301 g/mol. The van der Waals surface area contributed by atoms with Crippen LogP contribution in [0.5, 0.6) is 5.75 Å². The number of halogens is 1. The summed E-state index contributed by atoms with van der Waals surface area (Å²) in [6.45, 7) is 3.04. The highest BCUT2D eigenvalue weighted by molar-refractivity contribution is 5.95. The Labute approximate surface area is 127 Å². The molecule has 5 heteroatoms. The molecule has 0 bridgehead atoms. The topological polar surface area (TPSA) is 55.4 Å². The molecule has 0 aliphatic rings. The number of nitrogens with one attached hydrogen (secondary N) is 1. The second-order valence-corrected chi connectivity index (χ2v) is 4.84. The van der Waals surface area contributed by atoms with Crippen molar-refractivity contribution in [2.45, 2.75) is 20.0 Å². The van der Waals surface area contributed by atoms with Gasteiger partial charge in [0.2, 0.25) is 0 Å². The quantitative estimate of drug-likeness (QED) is 0.861. The second kappa shape index (κ2) is 6.85. The van der Waals surface area contributed by atoms with Gasteiger partial charge in [0.05, 0.1) is 0 Å². The summed E-state index contributed by atoms with van der Waals surface area (Å²) in [6, 6.07) is 12.2. The fourth-order valence-electron chi connectivity index (χ4n) is 1.86. The van der Waals surface area contributed by atoms with Crippen LogP contribution in [0.2, 0.25) is 0 Å². The Morgan fingerprint density at radius 3 is 2.55 bits per heavy atom. The van der Waals surface area contributed by atoms with E-state index in [0.717, 1.165) is 0 Å². The first-order chi connectivity index (χ1) is 10.5. The first-order valence-corrected chi connectivity index (χ1v) is 6.80. The van der Waals surface area contributed by atoms with Crippen molar-refractivity contribution in [3.05, 3.63) is 59.9 Å². The van der Waals surface area contributed by atoms with Gasteiger partial charge in [0, 0.05) is 11.3 Å². The molecular weight excluding hydrogens is 285 g/mol. The van der Waals surface area contributed by atoms with Crippen LogP contribution in [0.3, 0.4) is 0 Å². The maximum atomic E-state index is 13.1. The molecule has 22 heavy (non-hydrogen) atoms. The van der Waals surface area contributed by atoms with E-state index in [2.05, 4.69) is 5.32 Å². The minimum Gasteiger partial charge on any atom is -0.481 e. The third kappa shape index (κ3) is 4.15. The number of amides is 1. The van der Waals surface area contributed by atoms with Crippen molar-refractivity contribution < 1.29 is 18.7 Å². The lowest BCUT2D eigenvalue weighted by Crippen LogP contribution is -2.30. The van der Waals surface area contributed by atoms with Crippen molar-refractivity contribution in [2.75, 3.05) is 5.32 Å². The van der Waals surface area contributed by atoms with E-state index in [0.29, 0.717) is 17.0 Å². The summed E-state index contributed by atoms with van der Waals surface area (Å²) in [4.78, 5) is 23.3. The molecule has 2 aromatic carbocycles. The average molecular weight is 301 g/mol. The second-order valence-electron chi connectivity index (χ2n) is 4.84. The van der Waals surface area contributed by atoms with E-state index in [1.807, 2.05) is 0 Å². The number of Topliss-reactive ketones (excluding diaryl/α,β-unsaturated/α-hetero) is 1. The minimum atomic E-state index is -0.787. The zero-order valence-corrected chi connectivity index (χ0v) is 12.3. The van der Waals surface area contributed by atoms with Crippen LogP contribution >= 0.6 is 0 Å². The lowest BCUT2D eigenvalue weighted by molar-refractivity contribution is -0.122. The largest absolute Gasteiger partial charge is 0.481 e. The Bertz CT molecular complexity index is 700. The number of hydrogen-bond donors (Lipinski definition) is 1. The molecule has 114 valence electrons. The number of carbonyl (C=O) groups is 2. The van der Waals surface area contributed by atoms with E-state index in [1.54, 1.807) is 37.3 Å². The molecule has 0 fully saturated rings. The van der Waals surface area contributed by atoms with Crippen molar-refractivity contribution in [3.63, 3.8) is 0 Å². The number of carbonyl (C=O) groups excluding carboxylic acids is 2. The Morgan fingerprint density at radius 1 is 1.14 bits per heavy atom. The van der Waals surface area contributed by atoms with E-state index in [-0.39, 0.29) is 5.78 Å². The predicted molar refractivity (Wildman–Crippen MR) is 81.6 cm³/mol. The maximum Gasteiger partial charge on any atom is 0.265 e. The van der Waals surface area contributed by atoms with E-state index >= 15 is 0 Å². The van der Waals surface area contributed by atoms with Gasteiger partial charge in [-0.2, -0.15) is 0 Å². The maximum absolute atomic E-state index is 13.1. The third-order valence-corrected chi connectivity index (χ3v) is 3.01. The van der Waals surface area contributed by atoms with Gasteiger partial charge < -0.3 is 10.1 Å². The molecule has 0 aliphatic heterocycles. The van der Waals surface area contributed by atoms with Crippen molar-refractivity contribution in [1.82, 2.24) is 0 Å². The molecule has 0 aliphatic carbocycles. The summed E-state index contributed by atoms with van der Waals surface area (Å²) in [6.07, 6.45) is -0.787. The number of anilines is 1. The van der Waals surface area contributed by atoms with Gasteiger partial charge in [0.15, 0.2) is 11.9 Å². The highest BCUT2D eigenvalue weighted by Gasteiger charge is 2.15. The van der Waals surface area contributed by atoms with Gasteiger partial charge in [-0.05, 0) is 44.2 Å². The van der Waals surface area contributed by atoms with E-state index in [4.69, 9.17) is 4.74 Å². The molecule has 1 amide bonds. The first kappa shape index (κ1) is 15.7. The molecule has 1 N–H and O–H groups in total. The minimum absolute atomic E-state index is 0.0812. The SMILES string of the molecule is CC(=O)c1cccc(O[C@@H](C)C(=O)Nc2cccc(F)c2)c1. The molecule has 2 aromatic rings. The Kier molecular flexibility index (Phi) is 4.88. The van der Waals surface area contributed by atoms with Crippen LogP contribution < -0.4 is 10.1 Å². The van der Waals surface area contributed by atoms with Gasteiger partial charge in [0.1, 0.15) is 11.6 Å². The third-order valence-electron chi connectivity index (χ3n) is 3.01. The lowest BCUT2D eigenvalue weighted by Gasteiger charge is -2.15. The summed E-state index contributed by atoms with van der Waals surface area (Å²) in [7, 11) is 0. The number of ketones is 1. The zero-order chi connectivity index (χ0) is 16.1. The van der Waals surface area contributed by atoms with Crippen molar-refractivity contribution >= 4 is 17.4 Å². The molecule has 0 saturated heterocycles. The number of hydrogen-bond acceptors (Lipinski definition) is 3. The van der Waals surface area contributed by atoms with Crippen LogP contribution in [-0.2, 0) is 4.79 Å². The smallest absolute Gasteiger partial charge is 0.265 e. The molecule has 0 aromatic heterocycles. The summed E-state index contributed by atoms with van der Waals surface area (Å²) in [5.74, 6) is -0.490. The molecule has 0 spiro atoms. The van der Waals surface area contributed by atoms with E-state index < -0.39 is 17.8 Å². The van der Waals surface area contributed by atoms with Crippen molar-refractivity contribution in [1.29, 1.82) is 0 Å². The van der Waals surface area contributed by atoms with Crippen LogP contribution in [0.4, 0.5) is 10.1 Å². The molecule has 1 atom stereocenters. The van der Waals surface area contributed by atoms with Crippen molar-refractivity contribution in [3.8, 4) is 5.75 Å². The number of rotatable bonds is 5. The first-order valence-electron chi connectivity index (χ1n) is 6.80. The molecule has 4 nitrogen and oxygen atoms in total. The Morgan fingerprint density at radius 2 is 1.86 bits per heavy atom. The van der Waals surface area contributed by atoms with Crippen LogP contribution in [0.1, 0.15) is 24.2 Å². The summed E-state index contributed by atoms with van der Waals surface area (Å²) < 4.78 is 18.6. The van der Waals surface area contributed by atoms with Gasteiger partial charge in [0.25, 0.3) is 5.91 Å². The molecule has 0 unspecified atom stereocenters. The molecule has 0 radical (unpaired) electrons. The van der Waals surface area contributed by atoms with E-state index in [9.17, 15) is 14.0 Å². The molecular formula is C17H16FNO3. The predicted octanol–water partition coefficient (Wildman–Crippen LogP) is 3.43. The number of benzene rings is 2. The lowest BCUT2D eigenvalue weighted by atomic mass is 10.1. The van der Waals surface area contributed by atoms with Crippen LogP contribution in [-0.4, -0.2) is 17.8 Å². The standard InChI is InChI=1S/C17H16FNO3/c1-11(20)13-5-3-8-16(9-13)22-12(2)17(21)19-15-7-4-6-14(18)10-15/h3-10,12H,1-2H3,(H,19,21)/t12-/m0/s1. The van der Waals surface area contributed by atoms with Gasteiger partial charge in [-0.15, -0.1) is 0 Å². The molecule has 0 heterocycles. The summed E-state index contributed by atoms with van der Waals surface area (Å²) in [5, 5.41) is 2.57. The van der Waals surface area contributed by atoms with Crippen molar-refractivity contribution in [2.24, 2.45) is 0 Å². The highest BCUT2D eigenvalue weighted by atomic mass is 19.1. The zero-order valence-electron chi connectivity index (χ0n) is 12.3. The van der Waals surface area contributed by atoms with Crippen LogP contribution in [0.25, 0.3) is 0 Å². The Hall–Kier alpha value is -2.69. The summed E-state index contributed by atoms with van der Waals surface area (Å²) >= 11 is 0. The average Bonchev–Trinajstić information content (AvgIpc) is 2.47. The van der Waals surface area contributed by atoms with Gasteiger partial charge >= 0.3 is 0 Å². The highest BCUT2D eigenvalue weighted by Crippen LogP contribution is 2.16. The fraction of sp³-hybridized carbons (Fsp3) is 0.176. The molecule has 2 rings (SSSR count). The van der Waals surface area contributed by atoms with Gasteiger partial charge in [-0.1, -0.05) is 18.2 Å². The van der Waals surface area contributed by atoms with Gasteiger partial charge in [-0.3, -0.25) is 9.59 Å². The number of ether oxygens (including phenoxy) is 1. The van der Waals surface area contributed by atoms with E-state index in [1.165, 1.54) is 25.1 Å². The van der Waals surface area contributed by atoms with Crippen LogP contribution in [0.15, 0.2) is 48.5 Å². The summed E-state index contributed by atoms with van der Waals surface area (Å²) in [5.41, 5.74) is 0.869.